The van der Waals surface area contributed by atoms with Crippen molar-refractivity contribution in [3.05, 3.63) is 17.7 Å². The van der Waals surface area contributed by atoms with Crippen molar-refractivity contribution in [3.8, 4) is 17.2 Å². The second-order valence-electron chi connectivity index (χ2n) is 3.39. The Kier molecular flexibility index (Phi) is 2.68. The van der Waals surface area contributed by atoms with E-state index in [0.717, 1.165) is 0 Å². The fourth-order valence-electron chi connectivity index (χ4n) is 1.74. The Morgan fingerprint density at radius 2 is 2.13 bits per heavy atom. The van der Waals surface area contributed by atoms with Crippen LogP contribution in [0.3, 0.4) is 0 Å². The maximum Gasteiger partial charge on any atom is 0.132 e. The van der Waals surface area contributed by atoms with Gasteiger partial charge in [0.15, 0.2) is 0 Å². The molecule has 0 amide bonds. The molecule has 0 aliphatic carbocycles. The predicted octanol–water partition coefficient (Wildman–Crippen LogP) is 1.52. The van der Waals surface area contributed by atoms with Gasteiger partial charge >= 0.3 is 0 Å². The molecule has 82 valence electrons. The maximum absolute atomic E-state index is 9.84. The highest BCUT2D eigenvalue weighted by atomic mass is 16.5. The van der Waals surface area contributed by atoms with Crippen molar-refractivity contribution in [1.82, 2.24) is 0 Å². The van der Waals surface area contributed by atoms with E-state index < -0.39 is 6.10 Å². The number of ether oxygens (including phenoxy) is 3. The van der Waals surface area contributed by atoms with Crippen LogP contribution in [0.1, 0.15) is 18.1 Å². The zero-order valence-corrected chi connectivity index (χ0v) is 8.82. The minimum Gasteiger partial charge on any atom is -0.496 e. The summed E-state index contributed by atoms with van der Waals surface area (Å²) < 4.78 is 15.8. The fraction of sp³-hybridized carbons (Fsp3) is 0.455. The molecule has 4 nitrogen and oxygen atoms in total. The molecule has 1 heterocycles. The van der Waals surface area contributed by atoms with Gasteiger partial charge in [0.05, 0.1) is 32.5 Å². The summed E-state index contributed by atoms with van der Waals surface area (Å²) in [7, 11) is 3.15. The molecule has 1 aliphatic heterocycles. The standard InChI is InChI=1S/C11H14O4/c1-13-7-5-9(14-2)11-8(12)3-4-15-10(11)6-7/h5-6,8,12H,3-4H2,1-2H3/t8-/m1/s1. The van der Waals surface area contributed by atoms with E-state index in [0.29, 0.717) is 35.8 Å². The van der Waals surface area contributed by atoms with E-state index in [4.69, 9.17) is 14.2 Å². The predicted molar refractivity (Wildman–Crippen MR) is 54.6 cm³/mol. The van der Waals surface area contributed by atoms with Gasteiger partial charge in [-0.25, -0.2) is 0 Å². The summed E-state index contributed by atoms with van der Waals surface area (Å²) in [5.41, 5.74) is 0.713. The van der Waals surface area contributed by atoms with Crippen LogP contribution < -0.4 is 14.2 Å². The molecule has 15 heavy (non-hydrogen) atoms. The van der Waals surface area contributed by atoms with Crippen molar-refractivity contribution < 1.29 is 19.3 Å². The quantitative estimate of drug-likeness (QED) is 0.804. The van der Waals surface area contributed by atoms with Crippen LogP contribution in [-0.2, 0) is 0 Å². The van der Waals surface area contributed by atoms with E-state index in [-0.39, 0.29) is 0 Å². The summed E-state index contributed by atoms with van der Waals surface area (Å²) in [6.07, 6.45) is 0.0741. The summed E-state index contributed by atoms with van der Waals surface area (Å²) in [6.45, 7) is 0.518. The van der Waals surface area contributed by atoms with E-state index in [9.17, 15) is 5.11 Å². The summed E-state index contributed by atoms with van der Waals surface area (Å²) in [5, 5.41) is 9.84. The Bertz CT molecular complexity index is 345. The first-order chi connectivity index (χ1) is 7.26. The van der Waals surface area contributed by atoms with Crippen LogP contribution in [0, 0.1) is 0 Å². The molecule has 1 N–H and O–H groups in total. The Morgan fingerprint density at radius 3 is 2.80 bits per heavy atom. The molecular formula is C11H14O4. The topological polar surface area (TPSA) is 47.9 Å². The number of hydrogen-bond acceptors (Lipinski definition) is 4. The first-order valence-corrected chi connectivity index (χ1v) is 4.83. The number of aliphatic hydroxyl groups is 1. The van der Waals surface area contributed by atoms with Crippen molar-refractivity contribution in [3.63, 3.8) is 0 Å². The molecule has 0 saturated heterocycles. The zero-order valence-electron chi connectivity index (χ0n) is 8.82. The Labute approximate surface area is 88.4 Å². The summed E-state index contributed by atoms with van der Waals surface area (Å²) in [5.74, 6) is 1.92. The molecule has 0 unspecified atom stereocenters. The SMILES string of the molecule is COc1cc(OC)c2c(c1)OCC[C@H]2O. The molecule has 0 bridgehead atoms. The van der Waals surface area contributed by atoms with Crippen LogP contribution in [0.5, 0.6) is 17.2 Å². The summed E-state index contributed by atoms with van der Waals surface area (Å²) in [6, 6.07) is 3.51. The van der Waals surface area contributed by atoms with Gasteiger partial charge in [0, 0.05) is 18.6 Å². The first kappa shape index (κ1) is 10.1. The second-order valence-corrected chi connectivity index (χ2v) is 3.39. The number of benzene rings is 1. The lowest BCUT2D eigenvalue weighted by atomic mass is 10.0. The molecule has 2 rings (SSSR count). The minimum atomic E-state index is -0.519. The van der Waals surface area contributed by atoms with Gasteiger partial charge in [0.2, 0.25) is 0 Å². The molecule has 0 saturated carbocycles. The number of methoxy groups -OCH3 is 2. The molecule has 0 radical (unpaired) electrons. The third-order valence-corrected chi connectivity index (χ3v) is 2.52. The number of hydrogen-bond donors (Lipinski definition) is 1. The lowest BCUT2D eigenvalue weighted by Gasteiger charge is -2.24. The molecular weight excluding hydrogens is 196 g/mol. The molecule has 4 heteroatoms. The Morgan fingerprint density at radius 1 is 1.33 bits per heavy atom. The van der Waals surface area contributed by atoms with Crippen LogP contribution in [0.4, 0.5) is 0 Å². The molecule has 0 spiro atoms. The van der Waals surface area contributed by atoms with E-state index >= 15 is 0 Å². The van der Waals surface area contributed by atoms with E-state index in [2.05, 4.69) is 0 Å². The molecule has 1 aliphatic rings. The molecule has 0 aromatic heterocycles. The van der Waals surface area contributed by atoms with E-state index in [1.807, 2.05) is 0 Å². The molecule has 1 aromatic carbocycles. The van der Waals surface area contributed by atoms with E-state index in [1.165, 1.54) is 0 Å². The van der Waals surface area contributed by atoms with Gasteiger partial charge in [-0.3, -0.25) is 0 Å². The van der Waals surface area contributed by atoms with Crippen molar-refractivity contribution >= 4 is 0 Å². The molecule has 1 atom stereocenters. The van der Waals surface area contributed by atoms with Crippen molar-refractivity contribution in [2.75, 3.05) is 20.8 Å². The van der Waals surface area contributed by atoms with Gasteiger partial charge in [-0.15, -0.1) is 0 Å². The average molecular weight is 210 g/mol. The van der Waals surface area contributed by atoms with Crippen LogP contribution in [0.15, 0.2) is 12.1 Å². The Hall–Kier alpha value is -1.42. The van der Waals surface area contributed by atoms with E-state index in [1.54, 1.807) is 26.4 Å². The van der Waals surface area contributed by atoms with Gasteiger partial charge in [0.25, 0.3) is 0 Å². The largest absolute Gasteiger partial charge is 0.496 e. The van der Waals surface area contributed by atoms with Gasteiger partial charge in [-0.05, 0) is 0 Å². The lowest BCUT2D eigenvalue weighted by molar-refractivity contribution is 0.111. The fourth-order valence-corrected chi connectivity index (χ4v) is 1.74. The van der Waals surface area contributed by atoms with Crippen LogP contribution in [-0.4, -0.2) is 25.9 Å². The monoisotopic (exact) mass is 210 g/mol. The molecule has 1 aromatic rings. The van der Waals surface area contributed by atoms with Crippen LogP contribution in [0.2, 0.25) is 0 Å². The lowest BCUT2D eigenvalue weighted by Crippen LogP contribution is -2.14. The van der Waals surface area contributed by atoms with Crippen molar-refractivity contribution in [1.29, 1.82) is 0 Å². The third kappa shape index (κ3) is 1.72. The van der Waals surface area contributed by atoms with Crippen molar-refractivity contribution in [2.45, 2.75) is 12.5 Å². The summed E-state index contributed by atoms with van der Waals surface area (Å²) >= 11 is 0. The van der Waals surface area contributed by atoms with Gasteiger partial charge in [0.1, 0.15) is 17.2 Å². The highest BCUT2D eigenvalue weighted by Crippen LogP contribution is 2.41. The molecule has 0 fully saturated rings. The minimum absolute atomic E-state index is 0.518. The average Bonchev–Trinajstić information content (AvgIpc) is 2.27. The Balaban J connectivity index is 2.52. The van der Waals surface area contributed by atoms with Gasteiger partial charge in [-0.1, -0.05) is 0 Å². The van der Waals surface area contributed by atoms with Crippen molar-refractivity contribution in [2.24, 2.45) is 0 Å². The summed E-state index contributed by atoms with van der Waals surface area (Å²) in [4.78, 5) is 0. The highest BCUT2D eigenvalue weighted by molar-refractivity contribution is 5.52. The number of aliphatic hydroxyl groups excluding tert-OH is 1. The first-order valence-electron chi connectivity index (χ1n) is 4.83. The third-order valence-electron chi connectivity index (χ3n) is 2.52. The maximum atomic E-state index is 9.84. The van der Waals surface area contributed by atoms with Gasteiger partial charge < -0.3 is 19.3 Å². The number of fused-ring (bicyclic) bond motifs is 1. The van der Waals surface area contributed by atoms with Gasteiger partial charge in [-0.2, -0.15) is 0 Å². The number of rotatable bonds is 2. The van der Waals surface area contributed by atoms with Crippen LogP contribution in [0.25, 0.3) is 0 Å². The highest BCUT2D eigenvalue weighted by Gasteiger charge is 2.24. The van der Waals surface area contributed by atoms with Crippen LogP contribution >= 0.6 is 0 Å². The second kappa shape index (κ2) is 3.98. The zero-order chi connectivity index (χ0) is 10.8. The normalized spacial score (nSPS) is 19.0. The smallest absolute Gasteiger partial charge is 0.132 e.